The number of amides is 1. The van der Waals surface area contributed by atoms with Gasteiger partial charge < -0.3 is 14.7 Å². The molecule has 6 nitrogen and oxygen atoms in total. The van der Waals surface area contributed by atoms with Gasteiger partial charge >= 0.3 is 0 Å². The van der Waals surface area contributed by atoms with E-state index in [1.807, 2.05) is 0 Å². The lowest BCUT2D eigenvalue weighted by Gasteiger charge is -2.25. The molecule has 0 saturated heterocycles. The summed E-state index contributed by atoms with van der Waals surface area (Å²) in [5, 5.41) is 10.00. The van der Waals surface area contributed by atoms with Crippen LogP contribution in [0.2, 0.25) is 0 Å². The number of carbonyl (C=O) groups excluding carboxylic acids is 2. The van der Waals surface area contributed by atoms with Crippen LogP contribution in [0.1, 0.15) is 25.1 Å². The number of hydrogen-bond donors (Lipinski definition) is 1. The van der Waals surface area contributed by atoms with Gasteiger partial charge in [0, 0.05) is 26.5 Å². The number of hydrogen-bond acceptors (Lipinski definition) is 5. The normalized spacial score (nSPS) is 18.5. The molecular formula is C15H18N2O4. The molecule has 0 aromatic carbocycles. The van der Waals surface area contributed by atoms with Crippen LogP contribution >= 0.6 is 0 Å². The van der Waals surface area contributed by atoms with E-state index in [9.17, 15) is 14.7 Å². The number of aliphatic hydroxyl groups excluding tert-OH is 1. The van der Waals surface area contributed by atoms with Crippen molar-refractivity contribution in [1.82, 2.24) is 9.88 Å². The van der Waals surface area contributed by atoms with Crippen molar-refractivity contribution in [3.05, 3.63) is 41.4 Å². The lowest BCUT2D eigenvalue weighted by Crippen LogP contribution is -2.32. The predicted molar refractivity (Wildman–Crippen MR) is 75.5 cm³/mol. The van der Waals surface area contributed by atoms with Crippen LogP contribution in [0.4, 0.5) is 0 Å². The molecule has 0 bridgehead atoms. The molecular weight excluding hydrogens is 272 g/mol. The Bertz CT molecular complexity index is 568. The van der Waals surface area contributed by atoms with Crippen LogP contribution in [0, 0.1) is 0 Å². The zero-order valence-electron chi connectivity index (χ0n) is 12.1. The second-order valence-corrected chi connectivity index (χ2v) is 4.82. The fourth-order valence-corrected chi connectivity index (χ4v) is 2.47. The van der Waals surface area contributed by atoms with E-state index in [0.29, 0.717) is 25.3 Å². The van der Waals surface area contributed by atoms with E-state index in [-0.39, 0.29) is 11.4 Å². The van der Waals surface area contributed by atoms with Crippen LogP contribution in [0.15, 0.2) is 35.7 Å². The molecule has 0 unspecified atom stereocenters. The van der Waals surface area contributed by atoms with E-state index >= 15 is 0 Å². The number of ketones is 1. The Hall–Kier alpha value is -2.21. The van der Waals surface area contributed by atoms with E-state index < -0.39 is 17.7 Å². The van der Waals surface area contributed by atoms with Crippen LogP contribution in [0.3, 0.4) is 0 Å². The summed E-state index contributed by atoms with van der Waals surface area (Å²) < 4.78 is 4.98. The molecule has 1 aromatic rings. The molecule has 6 heteroatoms. The van der Waals surface area contributed by atoms with Gasteiger partial charge in [-0.15, -0.1) is 0 Å². The zero-order valence-corrected chi connectivity index (χ0v) is 12.1. The first-order valence-corrected chi connectivity index (χ1v) is 6.72. The van der Waals surface area contributed by atoms with Gasteiger partial charge in [-0.2, -0.15) is 0 Å². The van der Waals surface area contributed by atoms with Crippen LogP contribution in [-0.4, -0.2) is 46.9 Å². The molecule has 0 aliphatic carbocycles. The summed E-state index contributed by atoms with van der Waals surface area (Å²) in [6, 6.07) is 4.65. The molecule has 21 heavy (non-hydrogen) atoms. The monoisotopic (exact) mass is 290 g/mol. The summed E-state index contributed by atoms with van der Waals surface area (Å²) in [5.41, 5.74) is 0.675. The first kappa shape index (κ1) is 15.2. The Morgan fingerprint density at radius 3 is 2.81 bits per heavy atom. The number of ether oxygens (including phenoxy) is 1. The van der Waals surface area contributed by atoms with Crippen LogP contribution in [0.25, 0.3) is 0 Å². The van der Waals surface area contributed by atoms with Gasteiger partial charge in [0.15, 0.2) is 11.5 Å². The Balaban J connectivity index is 2.37. The van der Waals surface area contributed by atoms with E-state index in [0.717, 1.165) is 0 Å². The number of aliphatic hydroxyl groups is 1. The van der Waals surface area contributed by atoms with Gasteiger partial charge in [0.2, 0.25) is 0 Å². The average Bonchev–Trinajstić information content (AvgIpc) is 2.73. The minimum Gasteiger partial charge on any atom is -0.503 e. The summed E-state index contributed by atoms with van der Waals surface area (Å²) in [4.78, 5) is 29.7. The molecule has 1 aliphatic heterocycles. The number of carbonyl (C=O) groups is 2. The van der Waals surface area contributed by atoms with E-state index in [4.69, 9.17) is 4.74 Å². The van der Waals surface area contributed by atoms with Crippen molar-refractivity contribution in [1.29, 1.82) is 0 Å². The Kier molecular flexibility index (Phi) is 4.70. The van der Waals surface area contributed by atoms with Gasteiger partial charge in [-0.05, 0) is 25.5 Å². The third kappa shape index (κ3) is 2.95. The minimum absolute atomic E-state index is 0.108. The fraction of sp³-hybridized carbons (Fsp3) is 0.400. The van der Waals surface area contributed by atoms with Gasteiger partial charge in [-0.1, -0.05) is 6.07 Å². The molecule has 0 saturated carbocycles. The summed E-state index contributed by atoms with van der Waals surface area (Å²) in [5.74, 6) is -1.34. The van der Waals surface area contributed by atoms with Crippen LogP contribution < -0.4 is 0 Å². The number of aromatic nitrogens is 1. The Labute approximate surface area is 123 Å². The van der Waals surface area contributed by atoms with Gasteiger partial charge in [-0.25, -0.2) is 0 Å². The summed E-state index contributed by atoms with van der Waals surface area (Å²) in [7, 11) is 1.58. The molecule has 1 amide bonds. The molecule has 0 radical (unpaired) electrons. The molecule has 1 aromatic heterocycles. The van der Waals surface area contributed by atoms with Crippen molar-refractivity contribution in [2.24, 2.45) is 0 Å². The first-order chi connectivity index (χ1) is 10.1. The SMILES string of the molecule is COCCCN1C(=O)C(O)=C(C(C)=O)[C@H]1c1ccccn1. The van der Waals surface area contributed by atoms with Gasteiger partial charge in [0.05, 0.1) is 11.3 Å². The maximum atomic E-state index is 12.2. The molecule has 0 fully saturated rings. The van der Waals surface area contributed by atoms with Crippen molar-refractivity contribution < 1.29 is 19.4 Å². The standard InChI is InChI=1S/C15H18N2O4/c1-10(18)12-13(11-6-3-4-7-16-11)17(8-5-9-21-2)15(20)14(12)19/h3-4,6-7,13,19H,5,8-9H2,1-2H3/t13-/m1/s1. The Morgan fingerprint density at radius 2 is 2.24 bits per heavy atom. The molecule has 2 rings (SSSR count). The third-order valence-electron chi connectivity index (χ3n) is 3.40. The maximum absolute atomic E-state index is 12.2. The molecule has 1 atom stereocenters. The number of rotatable bonds is 6. The van der Waals surface area contributed by atoms with Crippen molar-refractivity contribution >= 4 is 11.7 Å². The molecule has 1 aliphatic rings. The topological polar surface area (TPSA) is 79.7 Å². The largest absolute Gasteiger partial charge is 0.503 e. The van der Waals surface area contributed by atoms with E-state index in [1.165, 1.54) is 11.8 Å². The number of Topliss-reactive ketones (excluding diaryl/α,β-unsaturated/α-hetero) is 1. The van der Waals surface area contributed by atoms with E-state index in [1.54, 1.807) is 31.5 Å². The van der Waals surface area contributed by atoms with Crippen LogP contribution in [-0.2, 0) is 14.3 Å². The summed E-state index contributed by atoms with van der Waals surface area (Å²) in [6.07, 6.45) is 2.21. The summed E-state index contributed by atoms with van der Waals surface area (Å²) in [6.45, 7) is 2.22. The maximum Gasteiger partial charge on any atom is 0.290 e. The number of nitrogens with zero attached hydrogens (tertiary/aromatic N) is 2. The van der Waals surface area contributed by atoms with Gasteiger partial charge in [0.1, 0.15) is 6.04 Å². The average molecular weight is 290 g/mol. The molecule has 1 N–H and O–H groups in total. The Morgan fingerprint density at radius 1 is 1.48 bits per heavy atom. The minimum atomic E-state index is -0.631. The van der Waals surface area contributed by atoms with Gasteiger partial charge in [-0.3, -0.25) is 14.6 Å². The van der Waals surface area contributed by atoms with Crippen LogP contribution in [0.5, 0.6) is 0 Å². The molecule has 112 valence electrons. The second-order valence-electron chi connectivity index (χ2n) is 4.82. The van der Waals surface area contributed by atoms with Crippen molar-refractivity contribution in [3.8, 4) is 0 Å². The quantitative estimate of drug-likeness (QED) is 0.801. The molecule has 2 heterocycles. The smallest absolute Gasteiger partial charge is 0.290 e. The highest BCUT2D eigenvalue weighted by Crippen LogP contribution is 2.36. The molecule has 0 spiro atoms. The second kappa shape index (κ2) is 6.49. The number of methoxy groups -OCH3 is 1. The lowest BCUT2D eigenvalue weighted by atomic mass is 10.0. The van der Waals surface area contributed by atoms with Crippen molar-refractivity contribution in [2.45, 2.75) is 19.4 Å². The fourth-order valence-electron chi connectivity index (χ4n) is 2.47. The van der Waals surface area contributed by atoms with E-state index in [2.05, 4.69) is 4.98 Å². The van der Waals surface area contributed by atoms with Crippen molar-refractivity contribution in [2.75, 3.05) is 20.3 Å². The van der Waals surface area contributed by atoms with Crippen molar-refractivity contribution in [3.63, 3.8) is 0 Å². The highest BCUT2D eigenvalue weighted by Gasteiger charge is 2.42. The lowest BCUT2D eigenvalue weighted by molar-refractivity contribution is -0.129. The summed E-state index contributed by atoms with van der Waals surface area (Å²) >= 11 is 0. The highest BCUT2D eigenvalue weighted by atomic mass is 16.5. The van der Waals surface area contributed by atoms with Gasteiger partial charge in [0.25, 0.3) is 5.91 Å². The highest BCUT2D eigenvalue weighted by molar-refractivity contribution is 6.07. The number of pyridine rings is 1. The predicted octanol–water partition coefficient (Wildman–Crippen LogP) is 1.40. The zero-order chi connectivity index (χ0) is 15.4. The third-order valence-corrected chi connectivity index (χ3v) is 3.40. The first-order valence-electron chi connectivity index (χ1n) is 6.72.